The Balaban J connectivity index is 0.00000182. The SMILES string of the molecule is Cl.NC1C2CCC(C2)C1C(=O)Nc1ccc(N2CCCS2(=O)=O)cc1. The maximum absolute atomic E-state index is 12.6. The Morgan fingerprint density at radius 1 is 1.16 bits per heavy atom. The second-order valence-corrected chi connectivity index (χ2v) is 9.23. The van der Waals surface area contributed by atoms with Crippen LogP contribution >= 0.6 is 12.4 Å². The molecule has 0 radical (unpaired) electrons. The maximum atomic E-state index is 12.6. The van der Waals surface area contributed by atoms with Crippen LogP contribution in [0, 0.1) is 17.8 Å². The zero-order chi connectivity index (χ0) is 16.9. The number of nitrogens with two attached hydrogens (primary N) is 1. The van der Waals surface area contributed by atoms with E-state index in [1.807, 2.05) is 0 Å². The van der Waals surface area contributed by atoms with E-state index in [2.05, 4.69) is 5.32 Å². The van der Waals surface area contributed by atoms with Gasteiger partial charge in [0.25, 0.3) is 0 Å². The number of nitrogens with one attached hydrogen (secondary N) is 1. The van der Waals surface area contributed by atoms with Gasteiger partial charge in [-0.2, -0.15) is 0 Å². The Labute approximate surface area is 154 Å². The number of carbonyl (C=O) groups excluding carboxylic acids is 1. The second kappa shape index (κ2) is 6.78. The number of hydrogen-bond donors (Lipinski definition) is 2. The van der Waals surface area contributed by atoms with Gasteiger partial charge in [0.1, 0.15) is 0 Å². The van der Waals surface area contributed by atoms with E-state index in [9.17, 15) is 13.2 Å². The molecule has 2 bridgehead atoms. The van der Waals surface area contributed by atoms with Gasteiger partial charge in [0.15, 0.2) is 0 Å². The Hall–Kier alpha value is -1.31. The van der Waals surface area contributed by atoms with Crippen LogP contribution in [0.25, 0.3) is 0 Å². The molecule has 1 heterocycles. The normalized spacial score (nSPS) is 32.4. The van der Waals surface area contributed by atoms with E-state index in [0.29, 0.717) is 36.2 Å². The lowest BCUT2D eigenvalue weighted by Crippen LogP contribution is -2.42. The average molecular weight is 386 g/mol. The second-order valence-electron chi connectivity index (χ2n) is 7.21. The summed E-state index contributed by atoms with van der Waals surface area (Å²) in [5, 5.41) is 2.95. The van der Waals surface area contributed by atoms with Crippen molar-refractivity contribution in [1.82, 2.24) is 0 Å². The quantitative estimate of drug-likeness (QED) is 0.831. The molecule has 138 valence electrons. The van der Waals surface area contributed by atoms with Crippen molar-refractivity contribution < 1.29 is 13.2 Å². The first-order chi connectivity index (χ1) is 11.5. The summed E-state index contributed by atoms with van der Waals surface area (Å²) in [5.41, 5.74) is 7.57. The topological polar surface area (TPSA) is 92.5 Å². The molecular formula is C17H24ClN3O3S. The summed E-state index contributed by atoms with van der Waals surface area (Å²) in [6.45, 7) is 0.522. The molecule has 4 atom stereocenters. The van der Waals surface area contributed by atoms with Gasteiger partial charge < -0.3 is 11.1 Å². The third kappa shape index (κ3) is 3.25. The van der Waals surface area contributed by atoms with Crippen LogP contribution in [0.2, 0.25) is 0 Å². The fourth-order valence-corrected chi connectivity index (χ4v) is 6.16. The molecule has 1 aromatic carbocycles. The number of carbonyl (C=O) groups is 1. The molecule has 2 aliphatic carbocycles. The van der Waals surface area contributed by atoms with E-state index in [-0.39, 0.29) is 36.0 Å². The molecule has 3 fully saturated rings. The van der Waals surface area contributed by atoms with Crippen molar-refractivity contribution in [3.63, 3.8) is 0 Å². The van der Waals surface area contributed by atoms with Gasteiger partial charge in [-0.3, -0.25) is 9.10 Å². The van der Waals surface area contributed by atoms with Gasteiger partial charge in [-0.05, 0) is 61.8 Å². The minimum absolute atomic E-state index is 0. The Kier molecular flexibility index (Phi) is 5.01. The van der Waals surface area contributed by atoms with Crippen LogP contribution < -0.4 is 15.4 Å². The number of benzene rings is 1. The lowest BCUT2D eigenvalue weighted by Gasteiger charge is -2.27. The highest BCUT2D eigenvalue weighted by molar-refractivity contribution is 7.93. The summed E-state index contributed by atoms with van der Waals surface area (Å²) in [6, 6.07) is 7.00. The van der Waals surface area contributed by atoms with Crippen molar-refractivity contribution in [1.29, 1.82) is 0 Å². The third-order valence-corrected chi connectivity index (χ3v) is 7.68. The first kappa shape index (κ1) is 18.5. The van der Waals surface area contributed by atoms with Crippen LogP contribution in [-0.2, 0) is 14.8 Å². The fraction of sp³-hybridized carbons (Fsp3) is 0.588. The van der Waals surface area contributed by atoms with Gasteiger partial charge in [-0.15, -0.1) is 12.4 Å². The molecule has 0 spiro atoms. The molecule has 0 aromatic heterocycles. The first-order valence-electron chi connectivity index (χ1n) is 8.62. The van der Waals surface area contributed by atoms with Crippen molar-refractivity contribution in [2.45, 2.75) is 31.7 Å². The molecule has 25 heavy (non-hydrogen) atoms. The molecular weight excluding hydrogens is 362 g/mol. The number of hydrogen-bond acceptors (Lipinski definition) is 4. The van der Waals surface area contributed by atoms with Gasteiger partial charge in [0, 0.05) is 18.3 Å². The Bertz CT molecular complexity index is 751. The fourth-order valence-electron chi connectivity index (χ4n) is 4.59. The number of fused-ring (bicyclic) bond motifs is 2. The maximum Gasteiger partial charge on any atom is 0.235 e. The highest BCUT2D eigenvalue weighted by atomic mass is 35.5. The molecule has 3 aliphatic rings. The van der Waals surface area contributed by atoms with Crippen LogP contribution in [0.3, 0.4) is 0 Å². The number of amides is 1. The van der Waals surface area contributed by atoms with Gasteiger partial charge >= 0.3 is 0 Å². The van der Waals surface area contributed by atoms with Crippen LogP contribution in [-0.4, -0.2) is 32.7 Å². The summed E-state index contributed by atoms with van der Waals surface area (Å²) in [6.07, 6.45) is 3.98. The molecule has 3 N–H and O–H groups in total. The van der Waals surface area contributed by atoms with Crippen molar-refractivity contribution in [3.05, 3.63) is 24.3 Å². The lowest BCUT2D eigenvalue weighted by atomic mass is 9.84. The third-order valence-electron chi connectivity index (χ3n) is 5.81. The predicted octanol–water partition coefficient (Wildman–Crippen LogP) is 1.96. The lowest BCUT2D eigenvalue weighted by molar-refractivity contribution is -0.121. The van der Waals surface area contributed by atoms with E-state index < -0.39 is 10.0 Å². The van der Waals surface area contributed by atoms with Gasteiger partial charge in [-0.1, -0.05) is 0 Å². The van der Waals surface area contributed by atoms with Crippen molar-refractivity contribution in [2.75, 3.05) is 21.9 Å². The number of anilines is 2. The summed E-state index contributed by atoms with van der Waals surface area (Å²) < 4.78 is 25.3. The molecule has 4 rings (SSSR count). The number of rotatable bonds is 3. The smallest absolute Gasteiger partial charge is 0.235 e. The van der Waals surface area contributed by atoms with E-state index >= 15 is 0 Å². The summed E-state index contributed by atoms with van der Waals surface area (Å²) in [7, 11) is -3.17. The van der Waals surface area contributed by atoms with Crippen molar-refractivity contribution in [2.24, 2.45) is 23.5 Å². The summed E-state index contributed by atoms with van der Waals surface area (Å²) in [4.78, 5) is 12.6. The van der Waals surface area contributed by atoms with Gasteiger partial charge in [0.05, 0.1) is 17.4 Å². The monoisotopic (exact) mass is 385 g/mol. The van der Waals surface area contributed by atoms with Crippen LogP contribution in [0.4, 0.5) is 11.4 Å². The largest absolute Gasteiger partial charge is 0.327 e. The minimum atomic E-state index is -3.17. The van der Waals surface area contributed by atoms with Crippen LogP contribution in [0.1, 0.15) is 25.7 Å². The van der Waals surface area contributed by atoms with Gasteiger partial charge in [-0.25, -0.2) is 8.42 Å². The van der Waals surface area contributed by atoms with Crippen molar-refractivity contribution >= 4 is 39.7 Å². The molecule has 6 nitrogen and oxygen atoms in total. The standard InChI is InChI=1S/C17H23N3O3S.ClH/c18-16-12-3-2-11(10-12)15(16)17(21)19-13-4-6-14(7-5-13)20-8-1-9-24(20,22)23;/h4-7,11-12,15-16H,1-3,8-10,18H2,(H,19,21);1H. The first-order valence-corrected chi connectivity index (χ1v) is 10.2. The minimum Gasteiger partial charge on any atom is -0.327 e. The van der Waals surface area contributed by atoms with Crippen LogP contribution in [0.5, 0.6) is 0 Å². The van der Waals surface area contributed by atoms with E-state index in [1.54, 1.807) is 24.3 Å². The molecule has 1 aromatic rings. The molecule has 4 unspecified atom stereocenters. The average Bonchev–Trinajstić information content (AvgIpc) is 3.22. The Morgan fingerprint density at radius 2 is 1.84 bits per heavy atom. The van der Waals surface area contributed by atoms with Crippen molar-refractivity contribution in [3.8, 4) is 0 Å². The molecule has 1 saturated heterocycles. The zero-order valence-electron chi connectivity index (χ0n) is 13.9. The molecule has 1 amide bonds. The molecule has 1 aliphatic heterocycles. The highest BCUT2D eigenvalue weighted by Gasteiger charge is 2.49. The van der Waals surface area contributed by atoms with Gasteiger partial charge in [0.2, 0.25) is 15.9 Å². The number of halogens is 1. The number of nitrogens with zero attached hydrogens (tertiary/aromatic N) is 1. The van der Waals surface area contributed by atoms with E-state index in [1.165, 1.54) is 4.31 Å². The van der Waals surface area contributed by atoms with E-state index in [0.717, 1.165) is 19.3 Å². The van der Waals surface area contributed by atoms with E-state index in [4.69, 9.17) is 5.73 Å². The summed E-state index contributed by atoms with van der Waals surface area (Å²) in [5.74, 6) is 1.01. The predicted molar refractivity (Wildman–Crippen MR) is 100 cm³/mol. The Morgan fingerprint density at radius 3 is 2.40 bits per heavy atom. The number of sulfonamides is 1. The molecule has 8 heteroatoms. The van der Waals surface area contributed by atoms with Crippen LogP contribution in [0.15, 0.2) is 24.3 Å². The summed E-state index contributed by atoms with van der Waals surface area (Å²) >= 11 is 0. The zero-order valence-corrected chi connectivity index (χ0v) is 15.6. The highest BCUT2D eigenvalue weighted by Crippen LogP contribution is 2.47. The molecule has 2 saturated carbocycles.